The third-order valence-electron chi connectivity index (χ3n) is 3.54. The number of aromatic nitrogens is 2. The number of amides is 1. The standard InChI is InChI=1S/C19H15ClN4O3/c1-27-19(26)12-3-2-4-15(9-12)24-18(25)16-10-22-17(11-21-16)23-14-7-5-13(20)6-8-14/h2-11H,1H3,(H,22,23)(H,24,25). The molecule has 0 aliphatic rings. The molecule has 1 amide bonds. The monoisotopic (exact) mass is 382 g/mol. The van der Waals surface area contributed by atoms with E-state index >= 15 is 0 Å². The molecule has 0 bridgehead atoms. The Balaban J connectivity index is 1.67. The van der Waals surface area contributed by atoms with Crippen LogP contribution in [0.15, 0.2) is 60.9 Å². The topological polar surface area (TPSA) is 93.2 Å². The second-order valence-corrected chi connectivity index (χ2v) is 5.88. The Morgan fingerprint density at radius 1 is 1.00 bits per heavy atom. The third kappa shape index (κ3) is 4.80. The molecule has 0 aliphatic carbocycles. The van der Waals surface area contributed by atoms with Crippen molar-refractivity contribution in [1.29, 1.82) is 0 Å². The first-order valence-corrected chi connectivity index (χ1v) is 8.27. The zero-order chi connectivity index (χ0) is 19.2. The van der Waals surface area contributed by atoms with E-state index in [1.807, 2.05) is 0 Å². The van der Waals surface area contributed by atoms with E-state index in [9.17, 15) is 9.59 Å². The fourth-order valence-corrected chi connectivity index (χ4v) is 2.35. The van der Waals surface area contributed by atoms with Crippen molar-refractivity contribution in [1.82, 2.24) is 9.97 Å². The SMILES string of the molecule is COC(=O)c1cccc(NC(=O)c2cnc(Nc3ccc(Cl)cc3)cn2)c1. The predicted octanol–water partition coefficient (Wildman–Crippen LogP) is 3.91. The van der Waals surface area contributed by atoms with Gasteiger partial charge in [-0.15, -0.1) is 0 Å². The van der Waals surface area contributed by atoms with Crippen LogP contribution in [0.1, 0.15) is 20.8 Å². The molecule has 0 saturated heterocycles. The Morgan fingerprint density at radius 2 is 1.78 bits per heavy atom. The minimum Gasteiger partial charge on any atom is -0.465 e. The number of anilines is 3. The zero-order valence-electron chi connectivity index (χ0n) is 14.3. The van der Waals surface area contributed by atoms with E-state index in [0.717, 1.165) is 5.69 Å². The number of halogens is 1. The Bertz CT molecular complexity index is 959. The quantitative estimate of drug-likeness (QED) is 0.650. The van der Waals surface area contributed by atoms with Gasteiger partial charge in [-0.2, -0.15) is 0 Å². The Hall–Kier alpha value is -3.45. The van der Waals surface area contributed by atoms with Crippen LogP contribution in [-0.2, 0) is 4.74 Å². The number of rotatable bonds is 5. The summed E-state index contributed by atoms with van der Waals surface area (Å²) in [5, 5.41) is 6.36. The van der Waals surface area contributed by atoms with Gasteiger partial charge in [-0.25, -0.2) is 14.8 Å². The van der Waals surface area contributed by atoms with E-state index in [-0.39, 0.29) is 5.69 Å². The van der Waals surface area contributed by atoms with Crippen molar-refractivity contribution < 1.29 is 14.3 Å². The van der Waals surface area contributed by atoms with Gasteiger partial charge in [0.05, 0.1) is 25.1 Å². The van der Waals surface area contributed by atoms with Crippen molar-refractivity contribution >= 4 is 40.7 Å². The summed E-state index contributed by atoms with van der Waals surface area (Å²) in [4.78, 5) is 32.1. The highest BCUT2D eigenvalue weighted by molar-refractivity contribution is 6.30. The van der Waals surface area contributed by atoms with Crippen molar-refractivity contribution in [2.75, 3.05) is 17.7 Å². The third-order valence-corrected chi connectivity index (χ3v) is 3.79. The number of methoxy groups -OCH3 is 1. The first-order chi connectivity index (χ1) is 13.0. The van der Waals surface area contributed by atoms with E-state index in [2.05, 4.69) is 25.3 Å². The summed E-state index contributed by atoms with van der Waals surface area (Å²) in [6, 6.07) is 13.5. The number of nitrogens with one attached hydrogen (secondary N) is 2. The second-order valence-electron chi connectivity index (χ2n) is 5.45. The normalized spacial score (nSPS) is 10.1. The summed E-state index contributed by atoms with van der Waals surface area (Å²) >= 11 is 5.85. The predicted molar refractivity (Wildman–Crippen MR) is 103 cm³/mol. The van der Waals surface area contributed by atoms with E-state index in [0.29, 0.717) is 22.1 Å². The highest BCUT2D eigenvalue weighted by atomic mass is 35.5. The number of nitrogens with zero attached hydrogens (tertiary/aromatic N) is 2. The largest absolute Gasteiger partial charge is 0.465 e. The van der Waals surface area contributed by atoms with Crippen LogP contribution in [-0.4, -0.2) is 29.0 Å². The fourth-order valence-electron chi connectivity index (χ4n) is 2.23. The molecular formula is C19H15ClN4O3. The number of benzene rings is 2. The molecule has 0 radical (unpaired) electrons. The number of ether oxygens (including phenoxy) is 1. The van der Waals surface area contributed by atoms with Gasteiger partial charge in [0.25, 0.3) is 5.91 Å². The molecule has 0 saturated carbocycles. The molecule has 0 unspecified atom stereocenters. The highest BCUT2D eigenvalue weighted by Crippen LogP contribution is 2.17. The number of carbonyl (C=O) groups is 2. The first-order valence-electron chi connectivity index (χ1n) is 7.89. The molecule has 3 rings (SSSR count). The van der Waals surface area contributed by atoms with E-state index in [1.165, 1.54) is 25.6 Å². The number of carbonyl (C=O) groups excluding carboxylic acids is 2. The maximum absolute atomic E-state index is 12.3. The molecule has 0 fully saturated rings. The highest BCUT2D eigenvalue weighted by Gasteiger charge is 2.11. The van der Waals surface area contributed by atoms with Gasteiger partial charge in [0.2, 0.25) is 0 Å². The molecule has 0 spiro atoms. The first kappa shape index (κ1) is 18.3. The fraction of sp³-hybridized carbons (Fsp3) is 0.0526. The van der Waals surface area contributed by atoms with Crippen LogP contribution in [0, 0.1) is 0 Å². The lowest BCUT2D eigenvalue weighted by Gasteiger charge is -2.08. The molecule has 136 valence electrons. The Labute approximate surface area is 160 Å². The molecule has 0 atom stereocenters. The van der Waals surface area contributed by atoms with Crippen LogP contribution in [0.3, 0.4) is 0 Å². The van der Waals surface area contributed by atoms with Crippen molar-refractivity contribution in [2.45, 2.75) is 0 Å². The van der Waals surface area contributed by atoms with Crippen LogP contribution >= 0.6 is 11.6 Å². The average Bonchev–Trinajstić information content (AvgIpc) is 2.70. The number of hydrogen-bond donors (Lipinski definition) is 2. The number of hydrogen-bond acceptors (Lipinski definition) is 6. The summed E-state index contributed by atoms with van der Waals surface area (Å²) in [7, 11) is 1.29. The summed E-state index contributed by atoms with van der Waals surface area (Å²) in [6.07, 6.45) is 2.81. The Morgan fingerprint density at radius 3 is 2.44 bits per heavy atom. The summed E-state index contributed by atoms with van der Waals surface area (Å²) in [6.45, 7) is 0. The summed E-state index contributed by atoms with van der Waals surface area (Å²) < 4.78 is 4.66. The van der Waals surface area contributed by atoms with Gasteiger partial charge in [-0.1, -0.05) is 17.7 Å². The molecule has 8 heteroatoms. The molecule has 2 N–H and O–H groups in total. The molecule has 2 aromatic carbocycles. The molecule has 1 heterocycles. The minimum absolute atomic E-state index is 0.139. The van der Waals surface area contributed by atoms with Crippen LogP contribution in [0.5, 0.6) is 0 Å². The van der Waals surface area contributed by atoms with Gasteiger partial charge in [0.1, 0.15) is 11.5 Å². The zero-order valence-corrected chi connectivity index (χ0v) is 15.0. The minimum atomic E-state index is -0.483. The van der Waals surface area contributed by atoms with E-state index in [4.69, 9.17) is 11.6 Å². The van der Waals surface area contributed by atoms with Gasteiger partial charge >= 0.3 is 5.97 Å². The smallest absolute Gasteiger partial charge is 0.337 e. The summed E-state index contributed by atoms with van der Waals surface area (Å²) in [5.41, 5.74) is 1.72. The van der Waals surface area contributed by atoms with Crippen molar-refractivity contribution in [3.8, 4) is 0 Å². The van der Waals surface area contributed by atoms with Crippen molar-refractivity contribution in [3.63, 3.8) is 0 Å². The molecule has 7 nitrogen and oxygen atoms in total. The second kappa shape index (κ2) is 8.29. The molecule has 27 heavy (non-hydrogen) atoms. The van der Waals surface area contributed by atoms with Gasteiger partial charge in [0.15, 0.2) is 0 Å². The van der Waals surface area contributed by atoms with Crippen LogP contribution in [0.25, 0.3) is 0 Å². The van der Waals surface area contributed by atoms with Gasteiger partial charge in [-0.05, 0) is 42.5 Å². The lowest BCUT2D eigenvalue weighted by molar-refractivity contribution is 0.0600. The average molecular weight is 383 g/mol. The van der Waals surface area contributed by atoms with Crippen LogP contribution < -0.4 is 10.6 Å². The lowest BCUT2D eigenvalue weighted by Crippen LogP contribution is -2.14. The van der Waals surface area contributed by atoms with Gasteiger partial charge in [-0.3, -0.25) is 4.79 Å². The lowest BCUT2D eigenvalue weighted by atomic mass is 10.2. The Kier molecular flexibility index (Phi) is 5.63. The van der Waals surface area contributed by atoms with Gasteiger partial charge in [0, 0.05) is 16.4 Å². The van der Waals surface area contributed by atoms with Crippen LogP contribution in [0.4, 0.5) is 17.2 Å². The maximum atomic E-state index is 12.3. The number of esters is 1. The van der Waals surface area contributed by atoms with E-state index in [1.54, 1.807) is 42.5 Å². The maximum Gasteiger partial charge on any atom is 0.337 e. The molecular weight excluding hydrogens is 368 g/mol. The van der Waals surface area contributed by atoms with Crippen molar-refractivity contribution in [3.05, 3.63) is 77.2 Å². The molecule has 3 aromatic rings. The summed E-state index contributed by atoms with van der Waals surface area (Å²) in [5.74, 6) is -0.437. The van der Waals surface area contributed by atoms with Crippen LogP contribution in [0.2, 0.25) is 5.02 Å². The van der Waals surface area contributed by atoms with Crippen molar-refractivity contribution in [2.24, 2.45) is 0 Å². The molecule has 0 aliphatic heterocycles. The van der Waals surface area contributed by atoms with Gasteiger partial charge < -0.3 is 15.4 Å². The molecule has 1 aromatic heterocycles. The van der Waals surface area contributed by atoms with E-state index < -0.39 is 11.9 Å².